The predicted octanol–water partition coefficient (Wildman–Crippen LogP) is 4.31. The van der Waals surface area contributed by atoms with Gasteiger partial charge in [-0.1, -0.05) is 18.2 Å². The number of carbonyl (C=O) groups is 1. The minimum absolute atomic E-state index is 0.114. The average molecular weight is 408 g/mol. The van der Waals surface area contributed by atoms with E-state index in [4.69, 9.17) is 9.84 Å². The van der Waals surface area contributed by atoms with E-state index in [0.29, 0.717) is 11.7 Å². The summed E-state index contributed by atoms with van der Waals surface area (Å²) in [6.45, 7) is 0.822. The third kappa shape index (κ3) is 5.21. The van der Waals surface area contributed by atoms with Crippen LogP contribution in [0.1, 0.15) is 18.4 Å². The van der Waals surface area contributed by atoms with E-state index in [0.717, 1.165) is 40.6 Å². The van der Waals surface area contributed by atoms with Crippen LogP contribution in [-0.2, 0) is 10.5 Å². The first-order valence-electron chi connectivity index (χ1n) is 9.86. The smallest absolute Gasteiger partial charge is 0.230 e. The number of benzene rings is 2. The Kier molecular flexibility index (Phi) is 6.20. The zero-order chi connectivity index (χ0) is 20.1. The standard InChI is InChI=1S/C23H25N3O2S/c1-28-21-11-9-18(10-12-21)23-19(14-26(25-23)20-5-3-2-4-6-20)15-29-16-22(27)24-13-17-7-8-17/h2-6,9-12,14,17H,7-8,13,15-16H2,1H3,(H,24,27). The monoisotopic (exact) mass is 407 g/mol. The number of hydrogen-bond acceptors (Lipinski definition) is 4. The summed E-state index contributed by atoms with van der Waals surface area (Å²) < 4.78 is 7.18. The summed E-state index contributed by atoms with van der Waals surface area (Å²) >= 11 is 1.62. The molecule has 29 heavy (non-hydrogen) atoms. The molecule has 1 aliphatic carbocycles. The van der Waals surface area contributed by atoms with Gasteiger partial charge in [-0.3, -0.25) is 4.79 Å². The first-order chi connectivity index (χ1) is 14.2. The van der Waals surface area contributed by atoms with Gasteiger partial charge in [-0.05, 0) is 55.2 Å². The Hall–Kier alpha value is -2.73. The van der Waals surface area contributed by atoms with Crippen LogP contribution in [0.15, 0.2) is 60.8 Å². The van der Waals surface area contributed by atoms with Crippen molar-refractivity contribution in [1.82, 2.24) is 15.1 Å². The molecule has 3 aromatic rings. The van der Waals surface area contributed by atoms with Crippen molar-refractivity contribution in [2.24, 2.45) is 5.92 Å². The minimum atomic E-state index is 0.114. The lowest BCUT2D eigenvalue weighted by atomic mass is 10.1. The Morgan fingerprint density at radius 2 is 1.93 bits per heavy atom. The Bertz CT molecular complexity index is 950. The normalized spacial score (nSPS) is 13.3. The van der Waals surface area contributed by atoms with Crippen molar-refractivity contribution >= 4 is 17.7 Å². The molecule has 1 N–H and O–H groups in total. The van der Waals surface area contributed by atoms with E-state index in [2.05, 4.69) is 11.5 Å². The van der Waals surface area contributed by atoms with E-state index in [-0.39, 0.29) is 5.91 Å². The second kappa shape index (κ2) is 9.18. The molecule has 6 heteroatoms. The van der Waals surface area contributed by atoms with Gasteiger partial charge in [-0.15, -0.1) is 11.8 Å². The lowest BCUT2D eigenvalue weighted by Gasteiger charge is -2.05. The van der Waals surface area contributed by atoms with E-state index in [9.17, 15) is 4.79 Å². The topological polar surface area (TPSA) is 56.2 Å². The lowest BCUT2D eigenvalue weighted by Crippen LogP contribution is -2.27. The van der Waals surface area contributed by atoms with Gasteiger partial charge in [0.2, 0.25) is 5.91 Å². The van der Waals surface area contributed by atoms with Crippen LogP contribution in [0.4, 0.5) is 0 Å². The predicted molar refractivity (Wildman–Crippen MR) is 117 cm³/mol. The summed E-state index contributed by atoms with van der Waals surface area (Å²) in [4.78, 5) is 12.1. The van der Waals surface area contributed by atoms with Crippen molar-refractivity contribution in [2.75, 3.05) is 19.4 Å². The molecular formula is C23H25N3O2S. The number of para-hydroxylation sites is 1. The second-order valence-electron chi connectivity index (χ2n) is 7.25. The molecule has 1 heterocycles. The molecule has 4 rings (SSSR count). The number of rotatable bonds is 9. The maximum absolute atomic E-state index is 12.1. The lowest BCUT2D eigenvalue weighted by molar-refractivity contribution is -0.118. The number of ether oxygens (including phenoxy) is 1. The maximum atomic E-state index is 12.1. The zero-order valence-corrected chi connectivity index (χ0v) is 17.3. The Morgan fingerprint density at radius 1 is 1.17 bits per heavy atom. The Balaban J connectivity index is 1.50. The summed E-state index contributed by atoms with van der Waals surface area (Å²) in [6, 6.07) is 18.0. The first kappa shape index (κ1) is 19.6. The molecule has 0 saturated heterocycles. The van der Waals surface area contributed by atoms with Gasteiger partial charge in [-0.25, -0.2) is 4.68 Å². The minimum Gasteiger partial charge on any atom is -0.497 e. The molecule has 2 aromatic carbocycles. The van der Waals surface area contributed by atoms with Crippen molar-refractivity contribution in [3.63, 3.8) is 0 Å². The Labute approximate surface area is 175 Å². The van der Waals surface area contributed by atoms with Gasteiger partial charge in [0, 0.05) is 29.6 Å². The summed E-state index contributed by atoms with van der Waals surface area (Å²) in [6.07, 6.45) is 4.55. The van der Waals surface area contributed by atoms with Crippen molar-refractivity contribution in [3.8, 4) is 22.7 Å². The fraction of sp³-hybridized carbons (Fsp3) is 0.304. The summed E-state index contributed by atoms with van der Waals surface area (Å²) in [5.41, 5.74) is 4.09. The largest absolute Gasteiger partial charge is 0.497 e. The van der Waals surface area contributed by atoms with Gasteiger partial charge in [0.15, 0.2) is 0 Å². The molecule has 1 aromatic heterocycles. The van der Waals surface area contributed by atoms with Crippen molar-refractivity contribution in [2.45, 2.75) is 18.6 Å². The molecule has 0 radical (unpaired) electrons. The highest BCUT2D eigenvalue weighted by Gasteiger charge is 2.21. The number of carbonyl (C=O) groups excluding carboxylic acids is 1. The van der Waals surface area contributed by atoms with Crippen LogP contribution in [0, 0.1) is 5.92 Å². The fourth-order valence-corrected chi connectivity index (χ4v) is 3.93. The number of nitrogens with zero attached hydrogens (tertiary/aromatic N) is 2. The van der Waals surface area contributed by atoms with E-state index >= 15 is 0 Å². The van der Waals surface area contributed by atoms with Crippen molar-refractivity contribution < 1.29 is 9.53 Å². The van der Waals surface area contributed by atoms with E-state index in [1.807, 2.05) is 59.3 Å². The van der Waals surface area contributed by atoms with Crippen LogP contribution in [0.25, 0.3) is 16.9 Å². The number of hydrogen-bond donors (Lipinski definition) is 1. The van der Waals surface area contributed by atoms with Gasteiger partial charge in [0.25, 0.3) is 0 Å². The maximum Gasteiger partial charge on any atom is 0.230 e. The summed E-state index contributed by atoms with van der Waals surface area (Å²) in [7, 11) is 1.66. The SMILES string of the molecule is COc1ccc(-c2nn(-c3ccccc3)cc2CSCC(=O)NCC2CC2)cc1. The summed E-state index contributed by atoms with van der Waals surface area (Å²) in [5.74, 6) is 2.83. The summed E-state index contributed by atoms with van der Waals surface area (Å²) in [5, 5.41) is 7.86. The molecule has 0 atom stereocenters. The van der Waals surface area contributed by atoms with E-state index in [1.165, 1.54) is 12.8 Å². The van der Waals surface area contributed by atoms with Crippen LogP contribution >= 0.6 is 11.8 Å². The van der Waals surface area contributed by atoms with Gasteiger partial charge in [0.1, 0.15) is 5.75 Å². The molecule has 1 fully saturated rings. The molecule has 150 valence electrons. The number of thioether (sulfide) groups is 1. The zero-order valence-electron chi connectivity index (χ0n) is 16.5. The molecule has 1 amide bonds. The number of aromatic nitrogens is 2. The highest BCUT2D eigenvalue weighted by atomic mass is 32.2. The first-order valence-corrected chi connectivity index (χ1v) is 11.0. The van der Waals surface area contributed by atoms with Gasteiger partial charge < -0.3 is 10.1 Å². The molecule has 0 spiro atoms. The van der Waals surface area contributed by atoms with Gasteiger partial charge >= 0.3 is 0 Å². The van der Waals surface area contributed by atoms with Crippen molar-refractivity contribution in [1.29, 1.82) is 0 Å². The molecular weight excluding hydrogens is 382 g/mol. The highest BCUT2D eigenvalue weighted by Crippen LogP contribution is 2.29. The molecule has 1 saturated carbocycles. The Morgan fingerprint density at radius 3 is 2.62 bits per heavy atom. The van der Waals surface area contributed by atoms with Gasteiger partial charge in [0.05, 0.1) is 24.2 Å². The van der Waals surface area contributed by atoms with Crippen LogP contribution in [0.3, 0.4) is 0 Å². The molecule has 0 bridgehead atoms. The molecule has 1 aliphatic rings. The van der Waals surface area contributed by atoms with Crippen LogP contribution in [0.2, 0.25) is 0 Å². The molecule has 0 unspecified atom stereocenters. The van der Waals surface area contributed by atoms with Crippen LogP contribution in [-0.4, -0.2) is 35.1 Å². The quantitative estimate of drug-likeness (QED) is 0.574. The van der Waals surface area contributed by atoms with E-state index < -0.39 is 0 Å². The number of nitrogens with one attached hydrogen (secondary N) is 1. The highest BCUT2D eigenvalue weighted by molar-refractivity contribution is 7.99. The third-order valence-corrected chi connectivity index (χ3v) is 5.93. The molecule has 0 aliphatic heterocycles. The number of amides is 1. The fourth-order valence-electron chi connectivity index (χ4n) is 3.11. The van der Waals surface area contributed by atoms with E-state index in [1.54, 1.807) is 18.9 Å². The van der Waals surface area contributed by atoms with Crippen LogP contribution in [0.5, 0.6) is 5.75 Å². The molecule has 5 nitrogen and oxygen atoms in total. The second-order valence-corrected chi connectivity index (χ2v) is 8.24. The third-order valence-electron chi connectivity index (χ3n) is 4.95. The van der Waals surface area contributed by atoms with Crippen LogP contribution < -0.4 is 10.1 Å². The number of methoxy groups -OCH3 is 1. The van der Waals surface area contributed by atoms with Crippen molar-refractivity contribution in [3.05, 3.63) is 66.4 Å². The van der Waals surface area contributed by atoms with Gasteiger partial charge in [-0.2, -0.15) is 5.10 Å². The average Bonchev–Trinajstić information content (AvgIpc) is 3.51.